The molecule has 0 spiro atoms. The molecule has 1 amide bonds. The lowest BCUT2D eigenvalue weighted by atomic mass is 10.1. The maximum absolute atomic E-state index is 12.4. The van der Waals surface area contributed by atoms with Gasteiger partial charge in [-0.2, -0.15) is 5.26 Å². The van der Waals surface area contributed by atoms with Crippen LogP contribution >= 0.6 is 15.9 Å². The minimum atomic E-state index is -0.498. The van der Waals surface area contributed by atoms with Gasteiger partial charge in [-0.15, -0.1) is 6.42 Å². The van der Waals surface area contributed by atoms with E-state index in [4.69, 9.17) is 15.9 Å². The molecule has 0 saturated heterocycles. The van der Waals surface area contributed by atoms with Gasteiger partial charge in [0.05, 0.1) is 7.11 Å². The summed E-state index contributed by atoms with van der Waals surface area (Å²) in [5, 5.41) is 12.1. The Morgan fingerprint density at radius 1 is 1.33 bits per heavy atom. The van der Waals surface area contributed by atoms with Crippen LogP contribution in [0.4, 0.5) is 5.69 Å². The second kappa shape index (κ2) is 9.47. The summed E-state index contributed by atoms with van der Waals surface area (Å²) < 4.78 is 11.4. The normalized spacial score (nSPS) is 10.5. The lowest BCUT2D eigenvalue weighted by molar-refractivity contribution is -0.112. The summed E-state index contributed by atoms with van der Waals surface area (Å²) in [6.07, 6.45) is 6.68. The molecular formula is C21H17BrN2O3. The lowest BCUT2D eigenvalue weighted by Crippen LogP contribution is -2.13. The molecule has 0 bridgehead atoms. The van der Waals surface area contributed by atoms with Crippen LogP contribution in [0.3, 0.4) is 0 Å². The molecule has 0 fully saturated rings. The number of carbonyl (C=O) groups excluding carboxylic acids is 1. The number of methoxy groups -OCH3 is 1. The molecular weight excluding hydrogens is 408 g/mol. The molecule has 136 valence electrons. The number of amides is 1. The highest BCUT2D eigenvalue weighted by Gasteiger charge is 2.13. The maximum Gasteiger partial charge on any atom is 0.266 e. The second-order valence-corrected chi connectivity index (χ2v) is 6.37. The molecule has 0 aliphatic carbocycles. The number of carbonyl (C=O) groups is 1. The topological polar surface area (TPSA) is 71.3 Å². The zero-order valence-corrected chi connectivity index (χ0v) is 16.5. The Balaban J connectivity index is 2.32. The van der Waals surface area contributed by atoms with Crippen molar-refractivity contribution in [3.63, 3.8) is 0 Å². The van der Waals surface area contributed by atoms with Crippen LogP contribution in [0.1, 0.15) is 11.1 Å². The minimum absolute atomic E-state index is 0.0449. The van der Waals surface area contributed by atoms with E-state index < -0.39 is 5.91 Å². The fraction of sp³-hybridized carbons (Fsp3) is 0.143. The van der Waals surface area contributed by atoms with Gasteiger partial charge in [-0.3, -0.25) is 4.79 Å². The van der Waals surface area contributed by atoms with Crippen LogP contribution in [0, 0.1) is 30.6 Å². The maximum atomic E-state index is 12.4. The number of aryl methyl sites for hydroxylation is 1. The van der Waals surface area contributed by atoms with Crippen LogP contribution in [0.5, 0.6) is 11.5 Å². The van der Waals surface area contributed by atoms with Crippen molar-refractivity contribution in [1.82, 2.24) is 0 Å². The van der Waals surface area contributed by atoms with E-state index in [0.29, 0.717) is 27.2 Å². The van der Waals surface area contributed by atoms with Gasteiger partial charge in [0, 0.05) is 10.2 Å². The molecule has 6 heteroatoms. The monoisotopic (exact) mass is 424 g/mol. The van der Waals surface area contributed by atoms with Crippen molar-refractivity contribution in [3.8, 4) is 29.9 Å². The SMILES string of the molecule is C#CCOc1cc(Br)c(/C=C(/C#N)C(=O)Nc2cccc(C)c2)cc1OC. The van der Waals surface area contributed by atoms with Crippen LogP contribution in [0.2, 0.25) is 0 Å². The third-order valence-electron chi connectivity index (χ3n) is 3.53. The summed E-state index contributed by atoms with van der Waals surface area (Å²) >= 11 is 3.41. The molecule has 27 heavy (non-hydrogen) atoms. The van der Waals surface area contributed by atoms with E-state index in [9.17, 15) is 10.1 Å². The van der Waals surface area contributed by atoms with Crippen molar-refractivity contribution in [3.05, 3.63) is 57.6 Å². The number of hydrogen-bond donors (Lipinski definition) is 1. The molecule has 5 nitrogen and oxygen atoms in total. The molecule has 0 aromatic heterocycles. The van der Waals surface area contributed by atoms with Crippen molar-refractivity contribution >= 4 is 33.6 Å². The quantitative estimate of drug-likeness (QED) is 0.425. The van der Waals surface area contributed by atoms with E-state index in [1.54, 1.807) is 18.2 Å². The Kier molecular flexibility index (Phi) is 7.05. The van der Waals surface area contributed by atoms with Crippen LogP contribution in [0.15, 0.2) is 46.4 Å². The van der Waals surface area contributed by atoms with E-state index >= 15 is 0 Å². The first kappa shape index (κ1) is 20.1. The zero-order valence-electron chi connectivity index (χ0n) is 14.9. The Morgan fingerprint density at radius 3 is 2.74 bits per heavy atom. The standard InChI is InChI=1S/C21H17BrN2O3/c1-4-8-27-20-12-18(22)15(11-19(20)26-3)10-16(13-23)21(25)24-17-7-5-6-14(2)9-17/h1,5-7,9-12H,8H2,2-3H3,(H,24,25)/b16-10-. The van der Waals surface area contributed by atoms with Gasteiger partial charge in [-0.05, 0) is 48.4 Å². The number of benzene rings is 2. The molecule has 0 unspecified atom stereocenters. The van der Waals surface area contributed by atoms with Gasteiger partial charge in [-0.25, -0.2) is 0 Å². The highest BCUT2D eigenvalue weighted by atomic mass is 79.9. The van der Waals surface area contributed by atoms with Gasteiger partial charge in [0.15, 0.2) is 11.5 Å². The third kappa shape index (κ3) is 5.37. The summed E-state index contributed by atoms with van der Waals surface area (Å²) in [5.41, 5.74) is 2.17. The molecule has 0 atom stereocenters. The summed E-state index contributed by atoms with van der Waals surface area (Å²) in [4.78, 5) is 12.4. The predicted molar refractivity (Wildman–Crippen MR) is 108 cm³/mol. The molecule has 0 aliphatic heterocycles. The molecule has 2 rings (SSSR count). The zero-order chi connectivity index (χ0) is 19.8. The number of halogens is 1. The van der Waals surface area contributed by atoms with Crippen LogP contribution < -0.4 is 14.8 Å². The first-order valence-corrected chi connectivity index (χ1v) is 8.71. The van der Waals surface area contributed by atoms with Crippen molar-refractivity contribution in [1.29, 1.82) is 5.26 Å². The summed E-state index contributed by atoms with van der Waals surface area (Å²) in [5.74, 6) is 2.79. The summed E-state index contributed by atoms with van der Waals surface area (Å²) in [6.45, 7) is 2.02. The van der Waals surface area contributed by atoms with Crippen LogP contribution in [0.25, 0.3) is 6.08 Å². The molecule has 0 radical (unpaired) electrons. The van der Waals surface area contributed by atoms with E-state index in [0.717, 1.165) is 5.56 Å². The number of nitrogens with zero attached hydrogens (tertiary/aromatic N) is 1. The molecule has 0 heterocycles. The van der Waals surface area contributed by atoms with Gasteiger partial charge in [0.25, 0.3) is 5.91 Å². The Labute approximate surface area is 166 Å². The molecule has 2 aromatic rings. The number of hydrogen-bond acceptors (Lipinski definition) is 4. The van der Waals surface area contributed by atoms with E-state index in [2.05, 4.69) is 27.2 Å². The number of terminal acetylenes is 1. The van der Waals surface area contributed by atoms with Gasteiger partial charge in [0.1, 0.15) is 18.2 Å². The molecule has 0 aliphatic rings. The number of anilines is 1. The van der Waals surface area contributed by atoms with E-state index in [1.165, 1.54) is 13.2 Å². The fourth-order valence-corrected chi connectivity index (χ4v) is 2.72. The number of nitriles is 1. The van der Waals surface area contributed by atoms with E-state index in [-0.39, 0.29) is 12.2 Å². The fourth-order valence-electron chi connectivity index (χ4n) is 2.28. The van der Waals surface area contributed by atoms with E-state index in [1.807, 2.05) is 31.2 Å². The molecule has 2 aromatic carbocycles. The minimum Gasteiger partial charge on any atom is -0.493 e. The first-order valence-electron chi connectivity index (χ1n) is 7.92. The Bertz CT molecular complexity index is 968. The Morgan fingerprint density at radius 2 is 2.11 bits per heavy atom. The van der Waals surface area contributed by atoms with Crippen molar-refractivity contribution in [2.45, 2.75) is 6.92 Å². The number of rotatable bonds is 6. The van der Waals surface area contributed by atoms with Gasteiger partial charge in [0.2, 0.25) is 0 Å². The highest BCUT2D eigenvalue weighted by molar-refractivity contribution is 9.10. The van der Waals surface area contributed by atoms with Crippen molar-refractivity contribution < 1.29 is 14.3 Å². The largest absolute Gasteiger partial charge is 0.493 e. The molecule has 0 saturated carbocycles. The average Bonchev–Trinajstić information content (AvgIpc) is 2.65. The lowest BCUT2D eigenvalue weighted by Gasteiger charge is -2.11. The number of nitrogens with one attached hydrogen (secondary N) is 1. The summed E-state index contributed by atoms with van der Waals surface area (Å²) in [7, 11) is 1.50. The predicted octanol–water partition coefficient (Wildman–Crippen LogP) is 4.32. The molecule has 1 N–H and O–H groups in total. The van der Waals surface area contributed by atoms with Gasteiger partial charge < -0.3 is 14.8 Å². The highest BCUT2D eigenvalue weighted by Crippen LogP contribution is 2.34. The van der Waals surface area contributed by atoms with Crippen molar-refractivity contribution in [2.75, 3.05) is 19.0 Å². The van der Waals surface area contributed by atoms with Crippen molar-refractivity contribution in [2.24, 2.45) is 0 Å². The average molecular weight is 425 g/mol. The Hall–Kier alpha value is -3.22. The smallest absolute Gasteiger partial charge is 0.266 e. The summed E-state index contributed by atoms with van der Waals surface area (Å²) in [6, 6.07) is 12.6. The van der Waals surface area contributed by atoms with Crippen LogP contribution in [-0.4, -0.2) is 19.6 Å². The second-order valence-electron chi connectivity index (χ2n) is 5.51. The van der Waals surface area contributed by atoms with Gasteiger partial charge in [-0.1, -0.05) is 34.0 Å². The van der Waals surface area contributed by atoms with Crippen LogP contribution in [-0.2, 0) is 4.79 Å². The third-order valence-corrected chi connectivity index (χ3v) is 4.22. The first-order chi connectivity index (χ1) is 13.0. The van der Waals surface area contributed by atoms with Gasteiger partial charge >= 0.3 is 0 Å². The number of ether oxygens (including phenoxy) is 2.